The second-order valence-corrected chi connectivity index (χ2v) is 9.75. The molecule has 3 heteroatoms. The number of anilines is 3. The summed E-state index contributed by atoms with van der Waals surface area (Å²) in [5.74, 6) is 0. The Morgan fingerprint density at radius 1 is 0.912 bits per heavy atom. The molecule has 0 unspecified atom stereocenters. The Hall–Kier alpha value is -4.08. The lowest BCUT2D eigenvalue weighted by molar-refractivity contribution is 0.368. The van der Waals surface area contributed by atoms with E-state index in [-0.39, 0.29) is 11.1 Å². The quantitative estimate of drug-likeness (QED) is 0.298. The molecule has 0 atom stereocenters. The number of allylic oxidation sites excluding steroid dienone is 4. The maximum Gasteiger partial charge on any atom is 0.265 e. The third kappa shape index (κ3) is 4.66. The van der Waals surface area contributed by atoms with Gasteiger partial charge < -0.3 is 4.90 Å². The number of hydrogen-bond donors (Lipinski definition) is 0. The largest absolute Gasteiger partial charge is 0.310 e. The Labute approximate surface area is 203 Å². The molecule has 0 heterocycles. The van der Waals surface area contributed by atoms with Crippen molar-refractivity contribution in [3.8, 4) is 6.07 Å². The first-order valence-electron chi connectivity index (χ1n) is 11.6. The van der Waals surface area contributed by atoms with E-state index >= 15 is 0 Å². The van der Waals surface area contributed by atoms with Crippen LogP contribution in [-0.2, 0) is 0 Å². The third-order valence-electron chi connectivity index (χ3n) is 6.32. The van der Waals surface area contributed by atoms with Gasteiger partial charge in [-0.1, -0.05) is 56.3 Å². The number of para-hydroxylation sites is 2. The first-order chi connectivity index (χ1) is 16.3. The zero-order valence-corrected chi connectivity index (χ0v) is 20.3. The van der Waals surface area contributed by atoms with Gasteiger partial charge in [-0.05, 0) is 96.3 Å². The highest BCUT2D eigenvalue weighted by molar-refractivity contribution is 5.83. The molecule has 3 nitrogen and oxygen atoms in total. The van der Waals surface area contributed by atoms with Gasteiger partial charge in [-0.2, -0.15) is 0 Å². The molecule has 0 saturated carbocycles. The smallest absolute Gasteiger partial charge is 0.265 e. The molecule has 1 aliphatic carbocycles. The van der Waals surface area contributed by atoms with Gasteiger partial charge in [0.25, 0.3) is 5.70 Å². The second kappa shape index (κ2) is 9.42. The molecular weight excluding hydrogens is 414 g/mol. The van der Waals surface area contributed by atoms with Crippen molar-refractivity contribution in [1.29, 1.82) is 5.26 Å². The summed E-state index contributed by atoms with van der Waals surface area (Å²) in [7, 11) is 0. The fraction of sp³-hybridized carbons (Fsp3) is 0.226. The average Bonchev–Trinajstić information content (AvgIpc) is 2.82. The first kappa shape index (κ1) is 23.1. The van der Waals surface area contributed by atoms with Crippen LogP contribution in [0, 0.1) is 37.2 Å². The van der Waals surface area contributed by atoms with E-state index in [0.717, 1.165) is 35.4 Å². The molecular formula is C31H29N3. The summed E-state index contributed by atoms with van der Waals surface area (Å²) in [6.45, 7) is 16.2. The molecule has 1 aliphatic rings. The van der Waals surface area contributed by atoms with Crippen LogP contribution in [0.15, 0.2) is 90.1 Å². The number of benzene rings is 3. The Bertz CT molecular complexity index is 1270. The lowest BCUT2D eigenvalue weighted by atomic mass is 9.73. The van der Waals surface area contributed by atoms with Crippen LogP contribution in [0.3, 0.4) is 0 Å². The first-order valence-corrected chi connectivity index (χ1v) is 11.6. The molecule has 0 spiro atoms. The Kier molecular flexibility index (Phi) is 6.40. The minimum absolute atomic E-state index is 0.00714. The lowest BCUT2D eigenvalue weighted by Gasteiger charge is -2.33. The number of hydrogen-bond acceptors (Lipinski definition) is 2. The summed E-state index contributed by atoms with van der Waals surface area (Å²) >= 11 is 0. The van der Waals surface area contributed by atoms with Crippen molar-refractivity contribution in [2.45, 2.75) is 40.5 Å². The van der Waals surface area contributed by atoms with Gasteiger partial charge in [-0.25, -0.2) is 10.1 Å². The van der Waals surface area contributed by atoms with E-state index in [0.29, 0.717) is 0 Å². The van der Waals surface area contributed by atoms with Gasteiger partial charge in [-0.15, -0.1) is 0 Å². The van der Waals surface area contributed by atoms with E-state index < -0.39 is 0 Å². The zero-order valence-electron chi connectivity index (χ0n) is 20.3. The van der Waals surface area contributed by atoms with Crippen molar-refractivity contribution < 1.29 is 0 Å². The summed E-state index contributed by atoms with van der Waals surface area (Å²) in [4.78, 5) is 5.79. The van der Waals surface area contributed by atoms with Crippen LogP contribution in [0.5, 0.6) is 0 Å². The van der Waals surface area contributed by atoms with Crippen molar-refractivity contribution in [3.05, 3.63) is 118 Å². The van der Waals surface area contributed by atoms with E-state index in [1.54, 1.807) is 0 Å². The second-order valence-electron chi connectivity index (χ2n) is 9.75. The van der Waals surface area contributed by atoms with Crippen molar-refractivity contribution in [1.82, 2.24) is 0 Å². The molecule has 3 aromatic carbocycles. The van der Waals surface area contributed by atoms with Crippen molar-refractivity contribution >= 4 is 22.6 Å². The van der Waals surface area contributed by atoms with Crippen molar-refractivity contribution in [2.24, 2.45) is 5.41 Å². The van der Waals surface area contributed by atoms with Gasteiger partial charge in [0.15, 0.2) is 0 Å². The molecule has 4 rings (SSSR count). The number of aryl methyl sites for hydroxylation is 2. The minimum Gasteiger partial charge on any atom is -0.310 e. The fourth-order valence-electron chi connectivity index (χ4n) is 4.97. The van der Waals surface area contributed by atoms with Crippen molar-refractivity contribution in [3.63, 3.8) is 0 Å². The highest BCUT2D eigenvalue weighted by Gasteiger charge is 2.28. The van der Waals surface area contributed by atoms with Gasteiger partial charge in [0.1, 0.15) is 0 Å². The highest BCUT2D eigenvalue weighted by Crippen LogP contribution is 2.45. The van der Waals surface area contributed by atoms with E-state index in [4.69, 9.17) is 6.57 Å². The maximum atomic E-state index is 9.45. The fourth-order valence-corrected chi connectivity index (χ4v) is 4.97. The molecule has 0 fully saturated rings. The standard InChI is InChI=1S/C31H29N3/c1-22-16-24(25-18-26(29(21-32)33-5)20-31(3,4)19-25)17-23(2)30(22)34(27-12-8-6-9-13-27)28-14-10-7-11-15-28/h6-18H,19-20H2,1-4H3. The summed E-state index contributed by atoms with van der Waals surface area (Å²) in [6.07, 6.45) is 3.72. The van der Waals surface area contributed by atoms with Gasteiger partial charge in [0, 0.05) is 11.4 Å². The van der Waals surface area contributed by atoms with Crippen LogP contribution in [-0.4, -0.2) is 0 Å². The van der Waals surface area contributed by atoms with E-state index in [1.807, 2.05) is 12.1 Å². The molecule has 168 valence electrons. The molecule has 34 heavy (non-hydrogen) atoms. The summed E-state index contributed by atoms with van der Waals surface area (Å²) < 4.78 is 0. The Balaban J connectivity index is 1.86. The van der Waals surface area contributed by atoms with Crippen LogP contribution in [0.2, 0.25) is 0 Å². The van der Waals surface area contributed by atoms with Crippen molar-refractivity contribution in [2.75, 3.05) is 4.90 Å². The Morgan fingerprint density at radius 2 is 1.44 bits per heavy atom. The molecule has 0 N–H and O–H groups in total. The van der Waals surface area contributed by atoms with Gasteiger partial charge in [0.2, 0.25) is 0 Å². The van der Waals surface area contributed by atoms with Crippen LogP contribution in [0.4, 0.5) is 17.1 Å². The molecule has 0 amide bonds. The van der Waals surface area contributed by atoms with E-state index in [1.165, 1.54) is 22.4 Å². The van der Waals surface area contributed by atoms with Crippen LogP contribution >= 0.6 is 0 Å². The van der Waals surface area contributed by atoms with E-state index in [9.17, 15) is 5.26 Å². The van der Waals surface area contributed by atoms with Gasteiger partial charge in [-0.3, -0.25) is 0 Å². The summed E-state index contributed by atoms with van der Waals surface area (Å²) in [5, 5.41) is 9.45. The summed E-state index contributed by atoms with van der Waals surface area (Å²) in [5.41, 5.74) is 9.16. The zero-order chi connectivity index (χ0) is 24.3. The van der Waals surface area contributed by atoms with Gasteiger partial charge in [0.05, 0.1) is 18.3 Å². The predicted octanol–water partition coefficient (Wildman–Crippen LogP) is 8.67. The molecule has 0 bridgehead atoms. The minimum atomic E-state index is -0.00714. The number of nitriles is 1. The molecule has 0 saturated heterocycles. The molecule has 0 radical (unpaired) electrons. The maximum absolute atomic E-state index is 9.45. The van der Waals surface area contributed by atoms with E-state index in [2.05, 4.69) is 110 Å². The normalized spacial score (nSPS) is 16.1. The summed E-state index contributed by atoms with van der Waals surface area (Å²) in [6, 6.07) is 27.5. The molecule has 0 aromatic heterocycles. The number of rotatable bonds is 4. The Morgan fingerprint density at radius 3 is 1.91 bits per heavy atom. The monoisotopic (exact) mass is 443 g/mol. The average molecular weight is 444 g/mol. The third-order valence-corrected chi connectivity index (χ3v) is 6.32. The number of nitrogens with zero attached hydrogens (tertiary/aromatic N) is 3. The topological polar surface area (TPSA) is 31.4 Å². The van der Waals surface area contributed by atoms with Crippen LogP contribution in [0.1, 0.15) is 43.4 Å². The SMILES string of the molecule is [C-]#[N+]C(C#N)=C1C=C(c2cc(C)c(N(c3ccccc3)c3ccccc3)c(C)c2)CC(C)(C)C1. The van der Waals surface area contributed by atoms with Crippen LogP contribution in [0.25, 0.3) is 10.4 Å². The molecule has 3 aromatic rings. The van der Waals surface area contributed by atoms with Crippen LogP contribution < -0.4 is 4.90 Å². The highest BCUT2D eigenvalue weighted by atomic mass is 15.1. The lowest BCUT2D eigenvalue weighted by Crippen LogP contribution is -2.18. The predicted molar refractivity (Wildman–Crippen MR) is 141 cm³/mol. The molecule has 0 aliphatic heterocycles. The van der Waals surface area contributed by atoms with Gasteiger partial charge >= 0.3 is 0 Å².